The fourth-order valence-corrected chi connectivity index (χ4v) is 1.72. The number of nitrogens with one attached hydrogen (secondary N) is 2. The highest BCUT2D eigenvalue weighted by atomic mass is 19.1. The molecule has 2 aromatic rings. The Hall–Kier alpha value is -2.63. The van der Waals surface area contributed by atoms with Crippen LogP contribution in [0.4, 0.5) is 20.2 Å². The second-order valence-electron chi connectivity index (χ2n) is 4.29. The number of methoxy groups -OCH3 is 1. The van der Waals surface area contributed by atoms with Crippen LogP contribution in [-0.2, 0) is 4.79 Å². The van der Waals surface area contributed by atoms with Gasteiger partial charge < -0.3 is 15.4 Å². The Morgan fingerprint density at radius 3 is 2.24 bits per heavy atom. The maximum absolute atomic E-state index is 13.0. The van der Waals surface area contributed by atoms with E-state index < -0.39 is 17.5 Å². The maximum Gasteiger partial charge on any atom is 0.243 e. The van der Waals surface area contributed by atoms with Crippen molar-refractivity contribution in [1.82, 2.24) is 0 Å². The summed E-state index contributed by atoms with van der Waals surface area (Å²) < 4.78 is 31.0. The topological polar surface area (TPSA) is 50.4 Å². The summed E-state index contributed by atoms with van der Waals surface area (Å²) in [6, 6.07) is 9.86. The highest BCUT2D eigenvalue weighted by Gasteiger charge is 2.05. The first kappa shape index (κ1) is 14.8. The number of anilines is 2. The quantitative estimate of drug-likeness (QED) is 0.890. The normalized spacial score (nSPS) is 10.0. The van der Waals surface area contributed by atoms with Crippen molar-refractivity contribution in [2.75, 3.05) is 24.3 Å². The van der Waals surface area contributed by atoms with Crippen LogP contribution in [-0.4, -0.2) is 19.6 Å². The van der Waals surface area contributed by atoms with Crippen LogP contribution < -0.4 is 15.4 Å². The fourth-order valence-electron chi connectivity index (χ4n) is 1.72. The van der Waals surface area contributed by atoms with Crippen molar-refractivity contribution in [2.24, 2.45) is 0 Å². The molecule has 2 rings (SSSR count). The molecule has 1 amide bonds. The Morgan fingerprint density at radius 1 is 1.05 bits per heavy atom. The van der Waals surface area contributed by atoms with Crippen LogP contribution in [0.25, 0.3) is 0 Å². The molecule has 110 valence electrons. The highest BCUT2D eigenvalue weighted by molar-refractivity contribution is 5.93. The first-order chi connectivity index (χ1) is 10.1. The minimum Gasteiger partial charge on any atom is -0.497 e. The Bertz CT molecular complexity index is 610. The zero-order valence-electron chi connectivity index (χ0n) is 11.3. The van der Waals surface area contributed by atoms with Gasteiger partial charge >= 0.3 is 0 Å². The van der Waals surface area contributed by atoms with E-state index in [4.69, 9.17) is 4.74 Å². The molecular weight excluding hydrogens is 278 g/mol. The molecule has 0 aromatic heterocycles. The van der Waals surface area contributed by atoms with Gasteiger partial charge in [-0.3, -0.25) is 4.79 Å². The van der Waals surface area contributed by atoms with Gasteiger partial charge in [-0.05, 0) is 36.4 Å². The molecule has 21 heavy (non-hydrogen) atoms. The lowest BCUT2D eigenvalue weighted by atomic mass is 10.3. The number of carbonyl (C=O) groups is 1. The van der Waals surface area contributed by atoms with E-state index in [1.165, 1.54) is 0 Å². The lowest BCUT2D eigenvalue weighted by Crippen LogP contribution is -2.21. The molecule has 2 aromatic carbocycles. The van der Waals surface area contributed by atoms with Crippen molar-refractivity contribution in [3.63, 3.8) is 0 Å². The van der Waals surface area contributed by atoms with Crippen molar-refractivity contribution in [3.8, 4) is 5.75 Å². The molecule has 0 bridgehead atoms. The molecule has 0 heterocycles. The molecule has 0 aliphatic rings. The number of ether oxygens (including phenoxy) is 1. The van der Waals surface area contributed by atoms with Gasteiger partial charge in [-0.25, -0.2) is 8.78 Å². The van der Waals surface area contributed by atoms with Gasteiger partial charge in [0.15, 0.2) is 0 Å². The van der Waals surface area contributed by atoms with Crippen LogP contribution in [0.5, 0.6) is 5.75 Å². The molecule has 0 saturated carbocycles. The maximum atomic E-state index is 13.0. The van der Waals surface area contributed by atoms with Gasteiger partial charge in [0.25, 0.3) is 0 Å². The monoisotopic (exact) mass is 292 g/mol. The van der Waals surface area contributed by atoms with E-state index in [9.17, 15) is 13.6 Å². The van der Waals surface area contributed by atoms with Crippen molar-refractivity contribution in [2.45, 2.75) is 0 Å². The zero-order chi connectivity index (χ0) is 15.2. The summed E-state index contributed by atoms with van der Waals surface area (Å²) in [6.45, 7) is -0.0234. The van der Waals surface area contributed by atoms with Crippen LogP contribution >= 0.6 is 0 Å². The molecule has 2 N–H and O–H groups in total. The molecule has 4 nitrogen and oxygen atoms in total. The van der Waals surface area contributed by atoms with E-state index in [-0.39, 0.29) is 12.2 Å². The predicted molar refractivity (Wildman–Crippen MR) is 76.5 cm³/mol. The van der Waals surface area contributed by atoms with Gasteiger partial charge in [-0.15, -0.1) is 0 Å². The van der Waals surface area contributed by atoms with Gasteiger partial charge in [0.05, 0.1) is 13.7 Å². The molecule has 0 radical (unpaired) electrons. The van der Waals surface area contributed by atoms with Crippen LogP contribution in [0, 0.1) is 11.6 Å². The largest absolute Gasteiger partial charge is 0.497 e. The lowest BCUT2D eigenvalue weighted by molar-refractivity contribution is -0.114. The Kier molecular flexibility index (Phi) is 4.71. The van der Waals surface area contributed by atoms with E-state index in [2.05, 4.69) is 10.6 Å². The molecule has 6 heteroatoms. The van der Waals surface area contributed by atoms with E-state index >= 15 is 0 Å². The Balaban J connectivity index is 1.89. The summed E-state index contributed by atoms with van der Waals surface area (Å²) in [6.07, 6.45) is 0. The molecule has 0 spiro atoms. The molecule has 0 aliphatic carbocycles. The number of halogens is 2. The summed E-state index contributed by atoms with van der Waals surface area (Å²) >= 11 is 0. The van der Waals surface area contributed by atoms with Crippen molar-refractivity contribution < 1.29 is 18.3 Å². The number of hydrogen-bond donors (Lipinski definition) is 2. The molecule has 0 atom stereocenters. The number of hydrogen-bond acceptors (Lipinski definition) is 3. The second kappa shape index (κ2) is 6.69. The minimum absolute atomic E-state index is 0.0234. The summed E-state index contributed by atoms with van der Waals surface area (Å²) in [5, 5.41) is 5.30. The molecule has 0 fully saturated rings. The van der Waals surface area contributed by atoms with Crippen molar-refractivity contribution >= 4 is 17.3 Å². The molecular formula is C15H14F2N2O2. The van der Waals surface area contributed by atoms with Crippen LogP contribution in [0.2, 0.25) is 0 Å². The van der Waals surface area contributed by atoms with Gasteiger partial charge in [0.1, 0.15) is 17.4 Å². The SMILES string of the molecule is COc1ccc(NCC(=O)Nc2cc(F)cc(F)c2)cc1. The third-order valence-electron chi connectivity index (χ3n) is 2.69. The van der Waals surface area contributed by atoms with Gasteiger partial charge in [0, 0.05) is 17.4 Å². The van der Waals surface area contributed by atoms with Crippen LogP contribution in [0.3, 0.4) is 0 Å². The van der Waals surface area contributed by atoms with E-state index in [0.29, 0.717) is 5.75 Å². The average molecular weight is 292 g/mol. The lowest BCUT2D eigenvalue weighted by Gasteiger charge is -2.08. The van der Waals surface area contributed by atoms with Gasteiger partial charge in [-0.1, -0.05) is 0 Å². The first-order valence-corrected chi connectivity index (χ1v) is 6.20. The molecule has 0 saturated heterocycles. The van der Waals surface area contributed by atoms with Crippen LogP contribution in [0.15, 0.2) is 42.5 Å². The Labute approximate surface area is 120 Å². The van der Waals surface area contributed by atoms with Crippen molar-refractivity contribution in [3.05, 3.63) is 54.1 Å². The van der Waals surface area contributed by atoms with Gasteiger partial charge in [0.2, 0.25) is 5.91 Å². The zero-order valence-corrected chi connectivity index (χ0v) is 11.3. The third-order valence-corrected chi connectivity index (χ3v) is 2.69. The van der Waals surface area contributed by atoms with E-state index in [0.717, 1.165) is 23.9 Å². The van der Waals surface area contributed by atoms with Crippen LogP contribution in [0.1, 0.15) is 0 Å². The second-order valence-corrected chi connectivity index (χ2v) is 4.29. The summed E-state index contributed by atoms with van der Waals surface area (Å²) in [5.41, 5.74) is 0.811. The summed E-state index contributed by atoms with van der Waals surface area (Å²) in [4.78, 5) is 11.7. The van der Waals surface area contributed by atoms with Crippen molar-refractivity contribution in [1.29, 1.82) is 0 Å². The minimum atomic E-state index is -0.742. The molecule has 0 aliphatic heterocycles. The number of benzene rings is 2. The molecule has 0 unspecified atom stereocenters. The smallest absolute Gasteiger partial charge is 0.243 e. The number of carbonyl (C=O) groups excluding carboxylic acids is 1. The summed E-state index contributed by atoms with van der Waals surface area (Å²) in [7, 11) is 1.56. The Morgan fingerprint density at radius 2 is 1.67 bits per heavy atom. The van der Waals surface area contributed by atoms with E-state index in [1.807, 2.05) is 0 Å². The summed E-state index contributed by atoms with van der Waals surface area (Å²) in [5.74, 6) is -1.18. The number of rotatable bonds is 5. The average Bonchev–Trinajstić information content (AvgIpc) is 2.44. The first-order valence-electron chi connectivity index (χ1n) is 6.20. The number of amides is 1. The highest BCUT2D eigenvalue weighted by Crippen LogP contribution is 2.15. The predicted octanol–water partition coefficient (Wildman–Crippen LogP) is 3.02. The van der Waals surface area contributed by atoms with Gasteiger partial charge in [-0.2, -0.15) is 0 Å². The fraction of sp³-hybridized carbons (Fsp3) is 0.133. The third kappa shape index (κ3) is 4.45. The standard InChI is InChI=1S/C15H14F2N2O2/c1-21-14-4-2-12(3-5-14)18-9-15(20)19-13-7-10(16)6-11(17)8-13/h2-8,18H,9H2,1H3,(H,19,20). The van der Waals surface area contributed by atoms with E-state index in [1.54, 1.807) is 31.4 Å².